The Morgan fingerprint density at radius 3 is 2.38 bits per heavy atom. The first-order valence-corrected chi connectivity index (χ1v) is 12.0. The topological polar surface area (TPSA) is 108 Å². The minimum atomic E-state index is -0.832. The second-order valence-corrected chi connectivity index (χ2v) is 9.00. The molecule has 0 heterocycles. The first-order valence-electron chi connectivity index (χ1n) is 12.0. The van der Waals surface area contributed by atoms with Gasteiger partial charge in [-0.2, -0.15) is 0 Å². The van der Waals surface area contributed by atoms with E-state index in [-0.39, 0.29) is 37.1 Å². The molecule has 0 fully saturated rings. The van der Waals surface area contributed by atoms with Crippen molar-refractivity contribution < 1.29 is 24.2 Å². The van der Waals surface area contributed by atoms with Crippen molar-refractivity contribution in [1.29, 1.82) is 0 Å². The molecule has 0 saturated heterocycles. The third kappa shape index (κ3) is 7.57. The number of anilines is 3. The van der Waals surface area contributed by atoms with E-state index >= 15 is 0 Å². The van der Waals surface area contributed by atoms with Gasteiger partial charge in [-0.15, -0.1) is 0 Å². The van der Waals surface area contributed by atoms with Crippen molar-refractivity contribution in [3.63, 3.8) is 0 Å². The Labute approximate surface area is 217 Å². The largest absolute Gasteiger partial charge is 0.495 e. The molecule has 0 bridgehead atoms. The SMILES string of the molecule is COc1cc(CC(=O)CNc2ccc(C(C)CC(=O)O)cc2)ccc1NC(=O)N(C)c1ccccc1C. The fourth-order valence-electron chi connectivity index (χ4n) is 4.00. The number of nitrogens with zero attached hydrogens (tertiary/aromatic N) is 1. The highest BCUT2D eigenvalue weighted by atomic mass is 16.5. The summed E-state index contributed by atoms with van der Waals surface area (Å²) in [4.78, 5) is 37.8. The number of nitrogens with one attached hydrogen (secondary N) is 2. The first kappa shape index (κ1) is 27.3. The molecule has 2 amide bonds. The Hall–Kier alpha value is -4.33. The standard InChI is InChI=1S/C29H33N3O5/c1-19-7-5-6-8-26(19)32(3)29(36)31-25-14-9-21(17-27(25)37-4)16-24(33)18-30-23-12-10-22(11-13-23)20(2)15-28(34)35/h5-14,17,20,30H,15-16,18H2,1-4H3,(H,31,36)(H,34,35). The van der Waals surface area contributed by atoms with Crippen molar-refractivity contribution in [1.82, 2.24) is 0 Å². The number of rotatable bonds is 11. The Bertz CT molecular complexity index is 1260. The van der Waals surface area contributed by atoms with Crippen LogP contribution in [0.4, 0.5) is 21.9 Å². The lowest BCUT2D eigenvalue weighted by Crippen LogP contribution is -2.31. The summed E-state index contributed by atoms with van der Waals surface area (Å²) in [5.74, 6) is -0.460. The molecular weight excluding hydrogens is 470 g/mol. The number of carbonyl (C=O) groups excluding carboxylic acids is 2. The minimum absolute atomic E-state index is 0.0125. The van der Waals surface area contributed by atoms with Crippen molar-refractivity contribution in [2.24, 2.45) is 0 Å². The van der Waals surface area contributed by atoms with Gasteiger partial charge in [0.2, 0.25) is 0 Å². The summed E-state index contributed by atoms with van der Waals surface area (Å²) < 4.78 is 5.46. The molecule has 1 atom stereocenters. The molecule has 0 aliphatic carbocycles. The summed E-state index contributed by atoms with van der Waals surface area (Å²) in [5, 5.41) is 14.9. The molecule has 3 rings (SSSR count). The van der Waals surface area contributed by atoms with Gasteiger partial charge >= 0.3 is 12.0 Å². The lowest BCUT2D eigenvalue weighted by atomic mass is 9.98. The maximum absolute atomic E-state index is 12.8. The molecule has 37 heavy (non-hydrogen) atoms. The van der Waals surface area contributed by atoms with Gasteiger partial charge in [-0.05, 0) is 59.9 Å². The Morgan fingerprint density at radius 2 is 1.73 bits per heavy atom. The Kier molecular flexibility index (Phi) is 9.27. The summed E-state index contributed by atoms with van der Waals surface area (Å²) in [6.45, 7) is 3.96. The van der Waals surface area contributed by atoms with Crippen LogP contribution < -0.4 is 20.3 Å². The predicted octanol–water partition coefficient (Wildman–Crippen LogP) is 5.47. The second-order valence-electron chi connectivity index (χ2n) is 9.00. The van der Waals surface area contributed by atoms with Gasteiger partial charge in [-0.1, -0.05) is 43.3 Å². The van der Waals surface area contributed by atoms with Crippen molar-refractivity contribution in [2.75, 3.05) is 36.2 Å². The summed E-state index contributed by atoms with van der Waals surface area (Å²) in [6.07, 6.45) is 0.273. The monoisotopic (exact) mass is 503 g/mol. The third-order valence-corrected chi connectivity index (χ3v) is 6.14. The maximum atomic E-state index is 12.8. The molecule has 194 valence electrons. The number of methoxy groups -OCH3 is 1. The van der Waals surface area contributed by atoms with Crippen molar-refractivity contribution >= 4 is 34.8 Å². The zero-order chi connectivity index (χ0) is 26.9. The molecule has 0 aliphatic heterocycles. The van der Waals surface area contributed by atoms with E-state index in [1.807, 2.05) is 62.4 Å². The van der Waals surface area contributed by atoms with Gasteiger partial charge < -0.3 is 20.5 Å². The van der Waals surface area contributed by atoms with Crippen molar-refractivity contribution in [3.05, 3.63) is 83.4 Å². The number of carboxylic acids is 1. The third-order valence-electron chi connectivity index (χ3n) is 6.14. The van der Waals surface area contributed by atoms with Crippen LogP contribution in [0.1, 0.15) is 36.0 Å². The van der Waals surface area contributed by atoms with Crippen LogP contribution in [-0.2, 0) is 16.0 Å². The second kappa shape index (κ2) is 12.6. The van der Waals surface area contributed by atoms with Crippen LogP contribution in [0.25, 0.3) is 0 Å². The van der Waals surface area contributed by atoms with Gasteiger partial charge in [0.25, 0.3) is 0 Å². The molecule has 8 heteroatoms. The van der Waals surface area contributed by atoms with E-state index in [0.29, 0.717) is 11.4 Å². The number of ketones is 1. The zero-order valence-electron chi connectivity index (χ0n) is 21.6. The number of carbonyl (C=O) groups is 3. The number of urea groups is 1. The van der Waals surface area contributed by atoms with E-state index in [1.165, 1.54) is 12.0 Å². The molecule has 0 spiro atoms. The maximum Gasteiger partial charge on any atom is 0.326 e. The molecule has 0 saturated carbocycles. The molecule has 1 unspecified atom stereocenters. The number of aliphatic carboxylic acids is 1. The lowest BCUT2D eigenvalue weighted by molar-refractivity contribution is -0.137. The number of benzene rings is 3. The number of hydrogen-bond donors (Lipinski definition) is 3. The van der Waals surface area contributed by atoms with Gasteiger partial charge in [0.05, 0.1) is 25.8 Å². The van der Waals surface area contributed by atoms with E-state index in [4.69, 9.17) is 9.84 Å². The highest BCUT2D eigenvalue weighted by molar-refractivity contribution is 6.02. The highest BCUT2D eigenvalue weighted by Crippen LogP contribution is 2.27. The minimum Gasteiger partial charge on any atom is -0.495 e. The van der Waals surface area contributed by atoms with Crippen LogP contribution in [0, 0.1) is 6.92 Å². The molecule has 0 radical (unpaired) electrons. The highest BCUT2D eigenvalue weighted by Gasteiger charge is 2.16. The summed E-state index contributed by atoms with van der Waals surface area (Å²) in [6, 6.07) is 20.0. The van der Waals surface area contributed by atoms with Crippen LogP contribution in [0.2, 0.25) is 0 Å². The number of Topliss-reactive ketones (excluding diaryl/α,β-unsaturated/α-hetero) is 1. The van der Waals surface area contributed by atoms with Crippen LogP contribution in [-0.4, -0.2) is 43.6 Å². The fourth-order valence-corrected chi connectivity index (χ4v) is 4.00. The van der Waals surface area contributed by atoms with Crippen LogP contribution in [0.15, 0.2) is 66.7 Å². The summed E-state index contributed by atoms with van der Waals surface area (Å²) in [7, 11) is 3.22. The van der Waals surface area contributed by atoms with Gasteiger partial charge in [0.15, 0.2) is 5.78 Å². The number of para-hydroxylation sites is 1. The Morgan fingerprint density at radius 1 is 1.03 bits per heavy atom. The zero-order valence-corrected chi connectivity index (χ0v) is 21.6. The molecule has 3 aromatic carbocycles. The quantitative estimate of drug-likeness (QED) is 0.320. The number of hydrogen-bond acceptors (Lipinski definition) is 5. The number of aryl methyl sites for hydroxylation is 1. The summed E-state index contributed by atoms with van der Waals surface area (Å²) in [5.41, 5.74) is 4.79. The van der Waals surface area contributed by atoms with Gasteiger partial charge in [-0.25, -0.2) is 4.79 Å². The van der Waals surface area contributed by atoms with Gasteiger partial charge in [-0.3, -0.25) is 14.5 Å². The van der Waals surface area contributed by atoms with Crippen molar-refractivity contribution in [3.8, 4) is 5.75 Å². The number of carboxylic acid groups (broad SMARTS) is 1. The molecule has 0 aliphatic rings. The van der Waals surface area contributed by atoms with E-state index in [2.05, 4.69) is 10.6 Å². The summed E-state index contributed by atoms with van der Waals surface area (Å²) >= 11 is 0. The fraction of sp³-hybridized carbons (Fsp3) is 0.276. The molecular formula is C29H33N3O5. The van der Waals surface area contributed by atoms with Crippen LogP contribution in [0.3, 0.4) is 0 Å². The van der Waals surface area contributed by atoms with E-state index in [9.17, 15) is 14.4 Å². The van der Waals surface area contributed by atoms with Crippen LogP contribution >= 0.6 is 0 Å². The molecule has 3 aromatic rings. The lowest BCUT2D eigenvalue weighted by Gasteiger charge is -2.21. The number of amides is 2. The van der Waals surface area contributed by atoms with Gasteiger partial charge in [0.1, 0.15) is 5.75 Å². The average Bonchev–Trinajstić information content (AvgIpc) is 2.88. The molecule has 3 N–H and O–H groups in total. The van der Waals surface area contributed by atoms with Crippen LogP contribution in [0.5, 0.6) is 5.75 Å². The van der Waals surface area contributed by atoms with E-state index < -0.39 is 5.97 Å². The normalized spacial score (nSPS) is 11.4. The first-order chi connectivity index (χ1) is 17.7. The van der Waals surface area contributed by atoms with E-state index in [1.54, 1.807) is 25.2 Å². The smallest absolute Gasteiger partial charge is 0.326 e. The molecule has 0 aromatic heterocycles. The molecule has 8 nitrogen and oxygen atoms in total. The van der Waals surface area contributed by atoms with Crippen molar-refractivity contribution in [2.45, 2.75) is 32.6 Å². The Balaban J connectivity index is 1.57. The van der Waals surface area contributed by atoms with Gasteiger partial charge in [0, 0.05) is 24.8 Å². The van der Waals surface area contributed by atoms with E-state index in [0.717, 1.165) is 28.1 Å². The number of ether oxygens (including phenoxy) is 1. The predicted molar refractivity (Wildman–Crippen MR) is 146 cm³/mol. The average molecular weight is 504 g/mol.